The lowest BCUT2D eigenvalue weighted by atomic mass is 10.00. The van der Waals surface area contributed by atoms with Gasteiger partial charge >= 0.3 is 0 Å². The van der Waals surface area contributed by atoms with Gasteiger partial charge in [0, 0.05) is 24.6 Å². The molecule has 0 aliphatic rings. The van der Waals surface area contributed by atoms with Gasteiger partial charge < -0.3 is 19.7 Å². The van der Waals surface area contributed by atoms with Crippen molar-refractivity contribution in [3.8, 4) is 11.5 Å². The quantitative estimate of drug-likeness (QED) is 0.334. The summed E-state index contributed by atoms with van der Waals surface area (Å²) in [6.07, 6.45) is 1.26. The van der Waals surface area contributed by atoms with Gasteiger partial charge in [-0.1, -0.05) is 54.6 Å². The van der Waals surface area contributed by atoms with Crippen LogP contribution in [0.4, 0.5) is 5.69 Å². The van der Waals surface area contributed by atoms with Crippen LogP contribution in [-0.4, -0.2) is 63.7 Å². The molecule has 0 saturated carbocycles. The second kappa shape index (κ2) is 13.7. The number of hydrogen-bond donors (Lipinski definition) is 1. The summed E-state index contributed by atoms with van der Waals surface area (Å²) < 4.78 is 38.0. The van der Waals surface area contributed by atoms with Crippen molar-refractivity contribution in [2.75, 3.05) is 31.3 Å². The van der Waals surface area contributed by atoms with E-state index in [9.17, 15) is 18.0 Å². The number of nitrogens with one attached hydrogen (secondary N) is 1. The highest BCUT2D eigenvalue weighted by Gasteiger charge is 2.35. The van der Waals surface area contributed by atoms with Gasteiger partial charge in [0.05, 0.1) is 26.2 Å². The van der Waals surface area contributed by atoms with Crippen LogP contribution in [0.15, 0.2) is 72.8 Å². The average Bonchev–Trinajstić information content (AvgIpc) is 2.93. The molecule has 0 saturated heterocycles. The normalized spacial score (nSPS) is 12.3. The Morgan fingerprint density at radius 1 is 0.929 bits per heavy atom. The lowest BCUT2D eigenvalue weighted by molar-refractivity contribution is -0.140. The fraction of sp³-hybridized carbons (Fsp3) is 0.375. The predicted octanol–water partition coefficient (Wildman–Crippen LogP) is 4.33. The molecular weight excluding hydrogens is 554 g/mol. The number of methoxy groups -OCH3 is 2. The van der Waals surface area contributed by atoms with Crippen LogP contribution in [0.3, 0.4) is 0 Å². The fourth-order valence-corrected chi connectivity index (χ4v) is 5.41. The van der Waals surface area contributed by atoms with Gasteiger partial charge in [-0.2, -0.15) is 0 Å². The van der Waals surface area contributed by atoms with Crippen molar-refractivity contribution < 1.29 is 27.5 Å². The lowest BCUT2D eigenvalue weighted by Gasteiger charge is -2.35. The minimum atomic E-state index is -3.97. The third-order valence-corrected chi connectivity index (χ3v) is 7.83. The second-order valence-electron chi connectivity index (χ2n) is 11.2. The molecule has 42 heavy (non-hydrogen) atoms. The summed E-state index contributed by atoms with van der Waals surface area (Å²) in [5.74, 6) is -0.224. The third-order valence-electron chi connectivity index (χ3n) is 6.71. The summed E-state index contributed by atoms with van der Waals surface area (Å²) in [6.45, 7) is 7.11. The molecular formula is C32H41N3O6S. The smallest absolute Gasteiger partial charge is 0.244 e. The Balaban J connectivity index is 2.14. The Kier molecular flexibility index (Phi) is 10.6. The van der Waals surface area contributed by atoms with Crippen molar-refractivity contribution in [3.05, 3.63) is 89.5 Å². The van der Waals surface area contributed by atoms with Crippen molar-refractivity contribution in [3.63, 3.8) is 0 Å². The minimum Gasteiger partial charge on any atom is -0.497 e. The first-order chi connectivity index (χ1) is 19.7. The molecule has 0 fully saturated rings. The van der Waals surface area contributed by atoms with Gasteiger partial charge in [0.15, 0.2) is 0 Å². The van der Waals surface area contributed by atoms with Crippen molar-refractivity contribution in [1.82, 2.24) is 10.2 Å². The maximum atomic E-state index is 14.3. The Bertz CT molecular complexity index is 1490. The number of rotatable bonds is 12. The van der Waals surface area contributed by atoms with Crippen LogP contribution < -0.4 is 19.1 Å². The van der Waals surface area contributed by atoms with E-state index in [0.717, 1.165) is 27.3 Å². The average molecular weight is 596 g/mol. The molecule has 0 aromatic heterocycles. The summed E-state index contributed by atoms with van der Waals surface area (Å²) in [7, 11) is -1.08. The van der Waals surface area contributed by atoms with Crippen LogP contribution >= 0.6 is 0 Å². The fourth-order valence-electron chi connectivity index (χ4n) is 4.56. The van der Waals surface area contributed by atoms with Crippen molar-refractivity contribution in [2.45, 2.75) is 52.2 Å². The topological polar surface area (TPSA) is 105 Å². The van der Waals surface area contributed by atoms with E-state index < -0.39 is 34.1 Å². The maximum absolute atomic E-state index is 14.3. The van der Waals surface area contributed by atoms with Gasteiger partial charge in [0.2, 0.25) is 21.8 Å². The largest absolute Gasteiger partial charge is 0.497 e. The molecule has 0 unspecified atom stereocenters. The highest BCUT2D eigenvalue weighted by atomic mass is 32.2. The van der Waals surface area contributed by atoms with E-state index in [1.165, 1.54) is 25.2 Å². The number of sulfonamides is 1. The van der Waals surface area contributed by atoms with Gasteiger partial charge in [0.1, 0.15) is 24.1 Å². The van der Waals surface area contributed by atoms with E-state index in [2.05, 4.69) is 5.32 Å². The van der Waals surface area contributed by atoms with Gasteiger partial charge in [-0.15, -0.1) is 0 Å². The SMILES string of the molecule is COc1ccc(OC)c(N(CC(=O)N(Cc2ccccc2C)[C@H](Cc2ccccc2)C(=O)NC(C)(C)C)S(C)(=O)=O)c1. The predicted molar refractivity (Wildman–Crippen MR) is 165 cm³/mol. The van der Waals surface area contributed by atoms with E-state index in [1.807, 2.05) is 82.3 Å². The first-order valence-corrected chi connectivity index (χ1v) is 15.5. The molecule has 0 bridgehead atoms. The number of amides is 2. The molecule has 9 nitrogen and oxygen atoms in total. The summed E-state index contributed by atoms with van der Waals surface area (Å²) in [5, 5.41) is 3.02. The van der Waals surface area contributed by atoms with Crippen LogP contribution in [0, 0.1) is 6.92 Å². The summed E-state index contributed by atoms with van der Waals surface area (Å²) >= 11 is 0. The zero-order valence-corrected chi connectivity index (χ0v) is 26.2. The minimum absolute atomic E-state index is 0.105. The maximum Gasteiger partial charge on any atom is 0.244 e. The number of carbonyl (C=O) groups is 2. The first-order valence-electron chi connectivity index (χ1n) is 13.6. The molecule has 3 aromatic carbocycles. The van der Waals surface area contributed by atoms with Crippen LogP contribution in [0.25, 0.3) is 0 Å². The number of carbonyl (C=O) groups excluding carboxylic acids is 2. The van der Waals surface area contributed by atoms with Gasteiger partial charge in [-0.25, -0.2) is 8.42 Å². The molecule has 1 atom stereocenters. The van der Waals surface area contributed by atoms with Crippen molar-refractivity contribution >= 4 is 27.5 Å². The van der Waals surface area contributed by atoms with E-state index in [-0.39, 0.29) is 30.3 Å². The molecule has 0 heterocycles. The number of aryl methyl sites for hydroxylation is 1. The zero-order valence-electron chi connectivity index (χ0n) is 25.4. The zero-order chi connectivity index (χ0) is 31.1. The highest BCUT2D eigenvalue weighted by Crippen LogP contribution is 2.34. The van der Waals surface area contributed by atoms with E-state index in [0.29, 0.717) is 5.75 Å². The Morgan fingerprint density at radius 2 is 1.57 bits per heavy atom. The van der Waals surface area contributed by atoms with Gasteiger partial charge in [-0.05, 0) is 56.5 Å². The summed E-state index contributed by atoms with van der Waals surface area (Å²) in [6, 6.07) is 20.8. The first kappa shape index (κ1) is 32.5. The van der Waals surface area contributed by atoms with Gasteiger partial charge in [0.25, 0.3) is 0 Å². The number of nitrogens with zero attached hydrogens (tertiary/aromatic N) is 2. The second-order valence-corrected chi connectivity index (χ2v) is 13.1. The molecule has 1 N–H and O–H groups in total. The van der Waals surface area contributed by atoms with Crippen LogP contribution in [0.1, 0.15) is 37.5 Å². The Hall–Kier alpha value is -4.05. The Labute approximate surface area is 249 Å². The number of anilines is 1. The molecule has 10 heteroatoms. The molecule has 2 amide bonds. The standard InChI is InChI=1S/C32H41N3O6S/c1-23-13-11-12-16-25(23)21-34(28(31(37)33-32(2,3)4)19-24-14-9-8-10-15-24)30(36)22-35(42(7,38)39)27-20-26(40-5)17-18-29(27)41-6/h8-18,20,28H,19,21-22H2,1-7H3,(H,33,37)/t28-/m1/s1. The molecule has 226 valence electrons. The van der Waals surface area contributed by atoms with Crippen LogP contribution in [0.5, 0.6) is 11.5 Å². The monoisotopic (exact) mass is 595 g/mol. The van der Waals surface area contributed by atoms with Crippen molar-refractivity contribution in [1.29, 1.82) is 0 Å². The molecule has 0 aliphatic heterocycles. The summed E-state index contributed by atoms with van der Waals surface area (Å²) in [5.41, 5.74) is 2.25. The van der Waals surface area contributed by atoms with Crippen molar-refractivity contribution in [2.24, 2.45) is 0 Å². The van der Waals surface area contributed by atoms with E-state index >= 15 is 0 Å². The molecule has 0 spiro atoms. The van der Waals surface area contributed by atoms with Crippen LogP contribution in [0.2, 0.25) is 0 Å². The number of hydrogen-bond acceptors (Lipinski definition) is 6. The summed E-state index contributed by atoms with van der Waals surface area (Å²) in [4.78, 5) is 29.6. The third kappa shape index (κ3) is 8.72. The highest BCUT2D eigenvalue weighted by molar-refractivity contribution is 7.92. The number of benzene rings is 3. The lowest BCUT2D eigenvalue weighted by Crippen LogP contribution is -2.56. The molecule has 0 radical (unpaired) electrons. The van der Waals surface area contributed by atoms with E-state index in [1.54, 1.807) is 12.1 Å². The molecule has 3 aromatic rings. The molecule has 3 rings (SSSR count). The number of ether oxygens (including phenoxy) is 2. The van der Waals surface area contributed by atoms with Gasteiger partial charge in [-0.3, -0.25) is 13.9 Å². The van der Waals surface area contributed by atoms with E-state index in [4.69, 9.17) is 9.47 Å². The van der Waals surface area contributed by atoms with Crippen LogP contribution in [-0.2, 0) is 32.6 Å². The molecule has 0 aliphatic carbocycles. The Morgan fingerprint density at radius 3 is 2.14 bits per heavy atom.